The minimum Gasteiger partial charge on any atom is -0.312 e. The molecule has 0 spiro atoms. The molecule has 1 N–H and O–H groups in total. The molecule has 0 radical (unpaired) electrons. The summed E-state index contributed by atoms with van der Waals surface area (Å²) in [4.78, 5) is 0. The first-order chi connectivity index (χ1) is 6.74. The van der Waals surface area contributed by atoms with Crippen LogP contribution in [-0.2, 0) is 6.54 Å². The fraction of sp³-hybridized carbons (Fsp3) is 0.385. The molecule has 0 unspecified atom stereocenters. The van der Waals surface area contributed by atoms with Crippen molar-refractivity contribution >= 4 is 0 Å². The summed E-state index contributed by atoms with van der Waals surface area (Å²) >= 11 is 0. The van der Waals surface area contributed by atoms with E-state index in [1.54, 1.807) is 0 Å². The van der Waals surface area contributed by atoms with Gasteiger partial charge in [-0.1, -0.05) is 24.3 Å². The zero-order chi connectivity index (χ0) is 10.4. The van der Waals surface area contributed by atoms with Crippen molar-refractivity contribution < 1.29 is 0 Å². The van der Waals surface area contributed by atoms with E-state index in [0.717, 1.165) is 19.5 Å². The summed E-state index contributed by atoms with van der Waals surface area (Å²) in [6, 6.07) is 6.61. The molecule has 0 aliphatic carbocycles. The van der Waals surface area contributed by atoms with Gasteiger partial charge in [-0.15, -0.1) is 6.58 Å². The van der Waals surface area contributed by atoms with Crippen molar-refractivity contribution in [2.75, 3.05) is 6.54 Å². The minimum absolute atomic E-state index is 0.953. The van der Waals surface area contributed by atoms with Gasteiger partial charge in [0, 0.05) is 6.54 Å². The molecule has 1 aromatic carbocycles. The first-order valence-electron chi connectivity index (χ1n) is 5.12. The summed E-state index contributed by atoms with van der Waals surface area (Å²) in [5.41, 5.74) is 4.09. The van der Waals surface area contributed by atoms with E-state index >= 15 is 0 Å². The summed E-state index contributed by atoms with van der Waals surface area (Å²) in [6.07, 6.45) is 2.97. The lowest BCUT2D eigenvalue weighted by Gasteiger charge is -2.06. The van der Waals surface area contributed by atoms with Crippen LogP contribution in [0.5, 0.6) is 0 Å². The number of rotatable bonds is 5. The maximum absolute atomic E-state index is 3.69. The molecule has 0 heterocycles. The molecule has 0 aliphatic rings. The van der Waals surface area contributed by atoms with E-state index in [2.05, 4.69) is 43.9 Å². The molecule has 14 heavy (non-hydrogen) atoms. The molecule has 76 valence electrons. The highest BCUT2D eigenvalue weighted by molar-refractivity contribution is 5.29. The van der Waals surface area contributed by atoms with Gasteiger partial charge in [-0.05, 0) is 43.5 Å². The standard InChI is InChI=1S/C13H19N/c1-4-5-8-14-10-13-7-6-11(2)12(3)9-13/h4,6-7,9,14H,1,5,8,10H2,2-3H3. The Morgan fingerprint density at radius 1 is 1.29 bits per heavy atom. The molecule has 1 heteroatoms. The average molecular weight is 189 g/mol. The first-order valence-corrected chi connectivity index (χ1v) is 5.12. The van der Waals surface area contributed by atoms with Crippen LogP contribution < -0.4 is 5.32 Å². The Balaban J connectivity index is 2.43. The Kier molecular flexibility index (Phi) is 4.41. The minimum atomic E-state index is 0.953. The quantitative estimate of drug-likeness (QED) is 0.554. The molecule has 0 saturated heterocycles. The van der Waals surface area contributed by atoms with Crippen molar-refractivity contribution in [3.8, 4) is 0 Å². The lowest BCUT2D eigenvalue weighted by Crippen LogP contribution is -2.14. The Morgan fingerprint density at radius 3 is 2.71 bits per heavy atom. The number of hydrogen-bond donors (Lipinski definition) is 1. The highest BCUT2D eigenvalue weighted by atomic mass is 14.8. The molecular weight excluding hydrogens is 170 g/mol. The van der Waals surface area contributed by atoms with Crippen molar-refractivity contribution in [2.45, 2.75) is 26.8 Å². The molecule has 1 aromatic rings. The van der Waals surface area contributed by atoms with Crippen LogP contribution in [0, 0.1) is 13.8 Å². The smallest absolute Gasteiger partial charge is 0.0205 e. The van der Waals surface area contributed by atoms with Crippen molar-refractivity contribution in [3.05, 3.63) is 47.5 Å². The van der Waals surface area contributed by atoms with Gasteiger partial charge >= 0.3 is 0 Å². The largest absolute Gasteiger partial charge is 0.312 e. The van der Waals surface area contributed by atoms with Gasteiger partial charge in [0.05, 0.1) is 0 Å². The van der Waals surface area contributed by atoms with Crippen LogP contribution in [0.25, 0.3) is 0 Å². The lowest BCUT2D eigenvalue weighted by atomic mass is 10.1. The van der Waals surface area contributed by atoms with E-state index in [-0.39, 0.29) is 0 Å². The number of benzene rings is 1. The van der Waals surface area contributed by atoms with Crippen molar-refractivity contribution in [3.63, 3.8) is 0 Å². The Bertz CT molecular complexity index is 302. The monoisotopic (exact) mass is 189 g/mol. The van der Waals surface area contributed by atoms with E-state index in [0.29, 0.717) is 0 Å². The molecule has 0 aliphatic heterocycles. The number of aryl methyl sites for hydroxylation is 2. The fourth-order valence-corrected chi connectivity index (χ4v) is 1.35. The molecule has 0 amide bonds. The maximum Gasteiger partial charge on any atom is 0.0205 e. The molecule has 0 aromatic heterocycles. The maximum atomic E-state index is 3.69. The van der Waals surface area contributed by atoms with Gasteiger partial charge in [0.2, 0.25) is 0 Å². The second-order valence-electron chi connectivity index (χ2n) is 3.67. The van der Waals surface area contributed by atoms with Crippen molar-refractivity contribution in [2.24, 2.45) is 0 Å². The van der Waals surface area contributed by atoms with Crippen LogP contribution >= 0.6 is 0 Å². The van der Waals surface area contributed by atoms with E-state index in [1.165, 1.54) is 16.7 Å². The zero-order valence-electron chi connectivity index (χ0n) is 9.14. The SMILES string of the molecule is C=CCCNCc1ccc(C)c(C)c1. The van der Waals surface area contributed by atoms with Crippen molar-refractivity contribution in [1.29, 1.82) is 0 Å². The fourth-order valence-electron chi connectivity index (χ4n) is 1.35. The van der Waals surface area contributed by atoms with Gasteiger partial charge in [0.1, 0.15) is 0 Å². The van der Waals surface area contributed by atoms with Crippen molar-refractivity contribution in [1.82, 2.24) is 5.32 Å². The highest BCUT2D eigenvalue weighted by Crippen LogP contribution is 2.09. The third-order valence-corrected chi connectivity index (χ3v) is 2.43. The number of hydrogen-bond acceptors (Lipinski definition) is 1. The zero-order valence-corrected chi connectivity index (χ0v) is 9.14. The van der Waals surface area contributed by atoms with Gasteiger partial charge in [-0.2, -0.15) is 0 Å². The molecule has 1 rings (SSSR count). The van der Waals surface area contributed by atoms with E-state index in [4.69, 9.17) is 0 Å². The Hall–Kier alpha value is -1.08. The van der Waals surface area contributed by atoms with Crippen LogP contribution in [0.4, 0.5) is 0 Å². The highest BCUT2D eigenvalue weighted by Gasteiger charge is 1.95. The van der Waals surface area contributed by atoms with Gasteiger partial charge in [-0.25, -0.2) is 0 Å². The van der Waals surface area contributed by atoms with Crippen LogP contribution in [-0.4, -0.2) is 6.54 Å². The third-order valence-electron chi connectivity index (χ3n) is 2.43. The van der Waals surface area contributed by atoms with Gasteiger partial charge in [0.15, 0.2) is 0 Å². The summed E-state index contributed by atoms with van der Waals surface area (Å²) < 4.78 is 0. The molecule has 1 nitrogen and oxygen atoms in total. The molecular formula is C13H19N. The summed E-state index contributed by atoms with van der Waals surface area (Å²) in [6.45, 7) is 9.95. The molecule has 0 fully saturated rings. The van der Waals surface area contributed by atoms with Crippen LogP contribution in [0.3, 0.4) is 0 Å². The molecule has 0 atom stereocenters. The van der Waals surface area contributed by atoms with Gasteiger partial charge < -0.3 is 5.32 Å². The van der Waals surface area contributed by atoms with Crippen LogP contribution in [0.15, 0.2) is 30.9 Å². The summed E-state index contributed by atoms with van der Waals surface area (Å²) in [5, 5.41) is 3.38. The van der Waals surface area contributed by atoms with E-state index in [1.807, 2.05) is 6.08 Å². The Labute approximate surface area is 86.8 Å². The predicted molar refractivity (Wildman–Crippen MR) is 62.4 cm³/mol. The number of nitrogens with one attached hydrogen (secondary N) is 1. The third kappa shape index (κ3) is 3.35. The van der Waals surface area contributed by atoms with Gasteiger partial charge in [-0.3, -0.25) is 0 Å². The predicted octanol–water partition coefficient (Wildman–Crippen LogP) is 2.97. The van der Waals surface area contributed by atoms with Crippen LogP contribution in [0.2, 0.25) is 0 Å². The van der Waals surface area contributed by atoms with E-state index < -0.39 is 0 Å². The lowest BCUT2D eigenvalue weighted by molar-refractivity contribution is 0.695. The molecule has 0 saturated carbocycles. The topological polar surface area (TPSA) is 12.0 Å². The average Bonchev–Trinajstić information content (AvgIpc) is 2.18. The van der Waals surface area contributed by atoms with Crippen LogP contribution in [0.1, 0.15) is 23.1 Å². The normalized spacial score (nSPS) is 10.1. The first kappa shape index (κ1) is 11.0. The van der Waals surface area contributed by atoms with E-state index in [9.17, 15) is 0 Å². The second kappa shape index (κ2) is 5.61. The molecule has 0 bridgehead atoms. The van der Waals surface area contributed by atoms with Gasteiger partial charge in [0.25, 0.3) is 0 Å². The summed E-state index contributed by atoms with van der Waals surface area (Å²) in [7, 11) is 0. The summed E-state index contributed by atoms with van der Waals surface area (Å²) in [5.74, 6) is 0. The second-order valence-corrected chi connectivity index (χ2v) is 3.67. The Morgan fingerprint density at radius 2 is 2.07 bits per heavy atom.